The summed E-state index contributed by atoms with van der Waals surface area (Å²) in [5, 5.41) is 8.59. The third kappa shape index (κ3) is 3.18. The van der Waals surface area contributed by atoms with Gasteiger partial charge >= 0.3 is 0 Å². The Labute approximate surface area is 127 Å². The van der Waals surface area contributed by atoms with Gasteiger partial charge in [-0.15, -0.1) is 0 Å². The van der Waals surface area contributed by atoms with Gasteiger partial charge in [-0.3, -0.25) is 4.98 Å². The lowest BCUT2D eigenvalue weighted by atomic mass is 10.1. The zero-order valence-corrected chi connectivity index (χ0v) is 12.3. The minimum atomic E-state index is 0.443. The van der Waals surface area contributed by atoms with Gasteiger partial charge in [0.1, 0.15) is 0 Å². The van der Waals surface area contributed by atoms with Gasteiger partial charge in [-0.05, 0) is 18.6 Å². The number of anilines is 1. The molecule has 0 aliphatic carbocycles. The quantitative estimate of drug-likeness (QED) is 0.646. The van der Waals surface area contributed by atoms with Crippen molar-refractivity contribution in [3.05, 3.63) is 57.3 Å². The summed E-state index contributed by atoms with van der Waals surface area (Å²) in [6, 6.07) is 5.53. The minimum absolute atomic E-state index is 0.443. The van der Waals surface area contributed by atoms with E-state index in [0.29, 0.717) is 27.0 Å². The summed E-state index contributed by atoms with van der Waals surface area (Å²) >= 11 is 12.1. The first-order valence-corrected chi connectivity index (χ1v) is 6.67. The highest BCUT2D eigenvalue weighted by atomic mass is 35.5. The van der Waals surface area contributed by atoms with E-state index in [-0.39, 0.29) is 0 Å². The van der Waals surface area contributed by atoms with Crippen molar-refractivity contribution in [2.45, 2.75) is 6.92 Å². The number of pyridine rings is 1. The second kappa shape index (κ2) is 6.07. The first kappa shape index (κ1) is 14.6. The van der Waals surface area contributed by atoms with Crippen LogP contribution in [0.25, 0.3) is 12.2 Å². The first-order chi connectivity index (χ1) is 9.49. The summed E-state index contributed by atoms with van der Waals surface area (Å²) in [6.45, 7) is 1.71. The minimum Gasteiger partial charge on any atom is -0.398 e. The molecule has 0 atom stereocenters. The van der Waals surface area contributed by atoms with E-state index in [1.54, 1.807) is 19.3 Å². The van der Waals surface area contributed by atoms with Gasteiger partial charge in [0.05, 0.1) is 10.0 Å². The molecule has 0 aliphatic heterocycles. The summed E-state index contributed by atoms with van der Waals surface area (Å²) in [6.07, 6.45) is 6.77. The van der Waals surface area contributed by atoms with Crippen LogP contribution in [0.1, 0.15) is 23.6 Å². The highest BCUT2D eigenvalue weighted by molar-refractivity contribution is 6.37. The predicted molar refractivity (Wildman–Crippen MR) is 86.5 cm³/mol. The molecule has 2 rings (SSSR count). The Kier molecular flexibility index (Phi) is 4.42. The zero-order valence-electron chi connectivity index (χ0n) is 10.8. The van der Waals surface area contributed by atoms with Crippen molar-refractivity contribution in [1.29, 1.82) is 5.41 Å². The number of aromatic nitrogens is 1. The van der Waals surface area contributed by atoms with Gasteiger partial charge < -0.3 is 11.1 Å². The van der Waals surface area contributed by atoms with Crippen LogP contribution >= 0.6 is 23.2 Å². The molecule has 1 aromatic carbocycles. The summed E-state index contributed by atoms with van der Waals surface area (Å²) in [5.41, 5.74) is 9.30. The number of nitrogens with one attached hydrogen (secondary N) is 1. The molecule has 0 saturated heterocycles. The molecule has 20 heavy (non-hydrogen) atoms. The highest BCUT2D eigenvalue weighted by Crippen LogP contribution is 2.25. The molecule has 0 amide bonds. The number of rotatable bonds is 3. The molecule has 102 valence electrons. The van der Waals surface area contributed by atoms with Crippen molar-refractivity contribution in [3.63, 3.8) is 0 Å². The van der Waals surface area contributed by atoms with E-state index in [1.165, 1.54) is 0 Å². The van der Waals surface area contributed by atoms with Crippen LogP contribution in [0.4, 0.5) is 5.69 Å². The molecule has 0 radical (unpaired) electrons. The van der Waals surface area contributed by atoms with E-state index in [2.05, 4.69) is 4.98 Å². The van der Waals surface area contributed by atoms with Crippen LogP contribution in [-0.2, 0) is 0 Å². The van der Waals surface area contributed by atoms with Crippen molar-refractivity contribution in [2.24, 2.45) is 0 Å². The average molecular weight is 306 g/mol. The molecule has 0 fully saturated rings. The second-order valence-electron chi connectivity index (χ2n) is 4.32. The molecule has 0 bridgehead atoms. The van der Waals surface area contributed by atoms with Crippen molar-refractivity contribution in [3.8, 4) is 0 Å². The number of hydrogen-bond donors (Lipinski definition) is 2. The van der Waals surface area contributed by atoms with E-state index in [4.69, 9.17) is 34.3 Å². The lowest BCUT2D eigenvalue weighted by Crippen LogP contribution is -1.99. The number of nitrogens with two attached hydrogens (primary N) is 1. The smallest absolute Gasteiger partial charge is 0.0676 e. The molecule has 1 aromatic heterocycles. The maximum Gasteiger partial charge on any atom is 0.0676 e. The largest absolute Gasteiger partial charge is 0.398 e. The molecule has 0 unspecified atom stereocenters. The van der Waals surface area contributed by atoms with Gasteiger partial charge in [0, 0.05) is 34.9 Å². The van der Waals surface area contributed by atoms with Gasteiger partial charge in [-0.2, -0.15) is 0 Å². The van der Waals surface area contributed by atoms with Crippen LogP contribution in [0.15, 0.2) is 30.6 Å². The second-order valence-corrected chi connectivity index (χ2v) is 5.14. The Morgan fingerprint density at radius 1 is 1.20 bits per heavy atom. The maximum absolute atomic E-state index is 7.60. The van der Waals surface area contributed by atoms with E-state index < -0.39 is 0 Å². The Morgan fingerprint density at radius 3 is 2.40 bits per heavy atom. The Morgan fingerprint density at radius 2 is 1.85 bits per heavy atom. The van der Waals surface area contributed by atoms with Crippen LogP contribution in [0.2, 0.25) is 10.0 Å². The van der Waals surface area contributed by atoms with Gasteiger partial charge in [0.25, 0.3) is 0 Å². The molecule has 5 heteroatoms. The van der Waals surface area contributed by atoms with E-state index >= 15 is 0 Å². The number of nitrogen functional groups attached to an aromatic ring is 1. The van der Waals surface area contributed by atoms with Crippen LogP contribution in [0.3, 0.4) is 0 Å². The van der Waals surface area contributed by atoms with E-state index in [1.807, 2.05) is 30.4 Å². The fraction of sp³-hybridized carbons (Fsp3) is 0.0667. The summed E-state index contributed by atoms with van der Waals surface area (Å²) in [7, 11) is 0. The van der Waals surface area contributed by atoms with Crippen LogP contribution in [-0.4, -0.2) is 10.7 Å². The Balaban J connectivity index is 2.33. The lowest BCUT2D eigenvalue weighted by molar-refractivity contribution is 1.32. The summed E-state index contributed by atoms with van der Waals surface area (Å²) in [4.78, 5) is 3.90. The Hall–Kier alpha value is -1.84. The molecule has 3 nitrogen and oxygen atoms in total. The molecule has 1 heterocycles. The normalized spacial score (nSPS) is 10.9. The van der Waals surface area contributed by atoms with Crippen molar-refractivity contribution >= 4 is 46.8 Å². The fourth-order valence-electron chi connectivity index (χ4n) is 1.79. The fourth-order valence-corrected chi connectivity index (χ4v) is 2.28. The highest BCUT2D eigenvalue weighted by Gasteiger charge is 2.04. The van der Waals surface area contributed by atoms with E-state index in [9.17, 15) is 0 Å². The molecule has 3 N–H and O–H groups in total. The van der Waals surface area contributed by atoms with Crippen LogP contribution in [0, 0.1) is 5.41 Å². The van der Waals surface area contributed by atoms with E-state index in [0.717, 1.165) is 11.1 Å². The van der Waals surface area contributed by atoms with Gasteiger partial charge in [-0.25, -0.2) is 0 Å². The summed E-state index contributed by atoms with van der Waals surface area (Å²) < 4.78 is 0. The predicted octanol–water partition coefficient (Wildman–Crippen LogP) is 4.53. The van der Waals surface area contributed by atoms with Crippen molar-refractivity contribution in [2.75, 3.05) is 5.73 Å². The number of nitrogens with zero attached hydrogens (tertiary/aromatic N) is 1. The summed E-state index contributed by atoms with van der Waals surface area (Å²) in [5.74, 6) is 0. The van der Waals surface area contributed by atoms with Crippen molar-refractivity contribution in [1.82, 2.24) is 4.98 Å². The standard InChI is InChI=1S/C15H13Cl2N3/c1-9(18)11-4-2-10(6-15(11)19)3-5-12-13(16)7-20-8-14(12)17/h2-8,18H,19H2,1H3/b5-3+,18-9?. The van der Waals surface area contributed by atoms with Gasteiger partial charge in [0.15, 0.2) is 0 Å². The van der Waals surface area contributed by atoms with Crippen LogP contribution in [0.5, 0.6) is 0 Å². The first-order valence-electron chi connectivity index (χ1n) is 5.91. The zero-order chi connectivity index (χ0) is 14.7. The van der Waals surface area contributed by atoms with Crippen molar-refractivity contribution < 1.29 is 0 Å². The lowest BCUT2D eigenvalue weighted by Gasteiger charge is -2.05. The van der Waals surface area contributed by atoms with Gasteiger partial charge in [-0.1, -0.05) is 47.5 Å². The third-order valence-electron chi connectivity index (χ3n) is 2.81. The molecule has 0 aliphatic rings. The Bertz CT molecular complexity index is 673. The third-order valence-corrected chi connectivity index (χ3v) is 3.41. The molecular formula is C15H13Cl2N3. The topological polar surface area (TPSA) is 62.8 Å². The molecule has 2 aromatic rings. The molecule has 0 saturated carbocycles. The SMILES string of the molecule is CC(=N)c1ccc(/C=C/c2c(Cl)cncc2Cl)cc1N. The molecular weight excluding hydrogens is 293 g/mol. The van der Waals surface area contributed by atoms with Crippen LogP contribution < -0.4 is 5.73 Å². The maximum atomic E-state index is 7.60. The number of halogens is 2. The monoisotopic (exact) mass is 305 g/mol. The molecule has 0 spiro atoms. The van der Waals surface area contributed by atoms with Gasteiger partial charge in [0.2, 0.25) is 0 Å². The number of benzene rings is 1. The number of hydrogen-bond acceptors (Lipinski definition) is 3. The average Bonchev–Trinajstić information content (AvgIpc) is 2.37.